The van der Waals surface area contributed by atoms with E-state index in [1.54, 1.807) is 0 Å². The predicted molar refractivity (Wildman–Crippen MR) is 111 cm³/mol. The summed E-state index contributed by atoms with van der Waals surface area (Å²) in [5, 5.41) is 8.52. The monoisotopic (exact) mass is 358 g/mol. The highest BCUT2D eigenvalue weighted by Gasteiger charge is 1.97. The number of carboxylic acids is 1. The highest BCUT2D eigenvalue weighted by Crippen LogP contribution is 2.13. The number of carboxylic acid groups (broad SMARTS) is 1. The number of hydrogen-bond acceptors (Lipinski definition) is 1. The normalized spacial score (nSPS) is 11.1. The van der Waals surface area contributed by atoms with Crippen molar-refractivity contribution in [3.63, 3.8) is 0 Å². The molecule has 0 atom stereocenters. The largest absolute Gasteiger partial charge is 0.481 e. The summed E-state index contributed by atoms with van der Waals surface area (Å²) in [6.07, 6.45) is 20.2. The van der Waals surface area contributed by atoms with Gasteiger partial charge in [0.05, 0.1) is 28.2 Å². The molecule has 0 aromatic carbocycles. The summed E-state index contributed by atoms with van der Waals surface area (Å²) in [5.74, 6) is -0.653. The molecule has 0 bridgehead atoms. The van der Waals surface area contributed by atoms with Crippen LogP contribution in [0.2, 0.25) is 0 Å². The van der Waals surface area contributed by atoms with Crippen LogP contribution in [0.3, 0.4) is 0 Å². The Morgan fingerprint density at radius 3 is 1.08 bits per heavy atom. The molecule has 0 aliphatic rings. The molecule has 1 N–H and O–H groups in total. The molecule has 0 fully saturated rings. The van der Waals surface area contributed by atoms with Gasteiger partial charge in [0.1, 0.15) is 0 Å². The first-order valence-electron chi connectivity index (χ1n) is 10.8. The van der Waals surface area contributed by atoms with Crippen LogP contribution in [-0.4, -0.2) is 43.7 Å². The Bertz CT molecular complexity index is 266. The summed E-state index contributed by atoms with van der Waals surface area (Å²) in [6, 6.07) is 0. The van der Waals surface area contributed by atoms with Gasteiger partial charge in [-0.15, -0.1) is 0 Å². The van der Waals surface area contributed by atoms with Crippen LogP contribution in [0.15, 0.2) is 0 Å². The Morgan fingerprint density at radius 2 is 0.840 bits per heavy atom. The highest BCUT2D eigenvalue weighted by molar-refractivity contribution is 5.66. The molecule has 3 nitrogen and oxygen atoms in total. The van der Waals surface area contributed by atoms with E-state index in [0.29, 0.717) is 6.42 Å². The molecule has 0 saturated carbocycles. The zero-order valence-corrected chi connectivity index (χ0v) is 18.1. The van der Waals surface area contributed by atoms with E-state index in [0.717, 1.165) is 17.3 Å². The molecule has 152 valence electrons. The quantitative estimate of drug-likeness (QED) is 0.247. The van der Waals surface area contributed by atoms with E-state index < -0.39 is 5.97 Å². The standard InChI is InChI=1S/C18H36O2.C4H12N/c1-2-3-4-5-6-7-8-9-10-11-12-13-14-15-16-17-18(19)20;1-5(2,3)4/h2-17H2,1H3,(H,19,20);1-4H3/q;+1. The minimum atomic E-state index is -0.653. The van der Waals surface area contributed by atoms with E-state index in [1.807, 2.05) is 0 Å². The van der Waals surface area contributed by atoms with Gasteiger partial charge in [0.2, 0.25) is 0 Å². The van der Waals surface area contributed by atoms with Gasteiger partial charge in [0.25, 0.3) is 0 Å². The van der Waals surface area contributed by atoms with Crippen molar-refractivity contribution in [2.75, 3.05) is 28.2 Å². The average Bonchev–Trinajstić information content (AvgIpc) is 2.49. The van der Waals surface area contributed by atoms with Gasteiger partial charge in [0.15, 0.2) is 0 Å². The Hall–Kier alpha value is -0.570. The van der Waals surface area contributed by atoms with Gasteiger partial charge in [-0.05, 0) is 6.42 Å². The van der Waals surface area contributed by atoms with E-state index in [9.17, 15) is 4.79 Å². The number of rotatable bonds is 16. The first-order chi connectivity index (χ1) is 11.8. The third-order valence-corrected chi connectivity index (χ3v) is 3.99. The van der Waals surface area contributed by atoms with Crippen LogP contribution in [0.5, 0.6) is 0 Å². The summed E-state index contributed by atoms with van der Waals surface area (Å²) in [5.41, 5.74) is 0. The molecule has 0 aromatic rings. The summed E-state index contributed by atoms with van der Waals surface area (Å²) in [6.45, 7) is 2.27. The number of quaternary nitrogens is 1. The molecule has 0 radical (unpaired) electrons. The fraction of sp³-hybridized carbons (Fsp3) is 0.955. The van der Waals surface area contributed by atoms with Crippen LogP contribution in [0.25, 0.3) is 0 Å². The molecule has 0 unspecified atom stereocenters. The van der Waals surface area contributed by atoms with E-state index in [-0.39, 0.29) is 0 Å². The first kappa shape index (κ1) is 26.7. The minimum absolute atomic E-state index is 0.345. The van der Waals surface area contributed by atoms with Crippen LogP contribution in [0.1, 0.15) is 110 Å². The van der Waals surface area contributed by atoms with Gasteiger partial charge in [-0.1, -0.05) is 96.8 Å². The molecule has 25 heavy (non-hydrogen) atoms. The molecule has 0 aliphatic heterocycles. The number of unbranched alkanes of at least 4 members (excludes halogenated alkanes) is 14. The third kappa shape index (κ3) is 39.9. The Kier molecular flexibility index (Phi) is 21.1. The van der Waals surface area contributed by atoms with Crippen molar-refractivity contribution in [1.82, 2.24) is 0 Å². The zero-order valence-electron chi connectivity index (χ0n) is 18.1. The van der Waals surface area contributed by atoms with Crippen molar-refractivity contribution in [1.29, 1.82) is 0 Å². The van der Waals surface area contributed by atoms with Gasteiger partial charge in [-0.3, -0.25) is 4.79 Å². The molecule has 3 heteroatoms. The van der Waals surface area contributed by atoms with Gasteiger partial charge in [0, 0.05) is 6.42 Å². The van der Waals surface area contributed by atoms with Crippen LogP contribution in [-0.2, 0) is 4.79 Å². The maximum Gasteiger partial charge on any atom is 0.303 e. The van der Waals surface area contributed by atoms with Crippen LogP contribution in [0.4, 0.5) is 0 Å². The smallest absolute Gasteiger partial charge is 0.303 e. The Labute approximate surface area is 158 Å². The van der Waals surface area contributed by atoms with Crippen molar-refractivity contribution in [3.05, 3.63) is 0 Å². The lowest BCUT2D eigenvalue weighted by molar-refractivity contribution is -0.849. The summed E-state index contributed by atoms with van der Waals surface area (Å²) >= 11 is 0. The van der Waals surface area contributed by atoms with Gasteiger partial charge < -0.3 is 9.59 Å². The van der Waals surface area contributed by atoms with Gasteiger partial charge in [-0.2, -0.15) is 0 Å². The number of carbonyl (C=O) groups is 1. The van der Waals surface area contributed by atoms with E-state index in [1.165, 1.54) is 83.5 Å². The SMILES string of the molecule is CCCCCCCCCCCCCCCCCC(=O)O.C[N+](C)(C)C. The molecule has 0 saturated heterocycles. The number of hydrogen-bond donors (Lipinski definition) is 1. The second-order valence-corrected chi connectivity index (χ2v) is 8.78. The second-order valence-electron chi connectivity index (χ2n) is 8.78. The molecule has 0 rings (SSSR count). The topological polar surface area (TPSA) is 37.3 Å². The molecular weight excluding hydrogens is 310 g/mol. The second kappa shape index (κ2) is 19.8. The third-order valence-electron chi connectivity index (χ3n) is 3.99. The lowest BCUT2D eigenvalue weighted by atomic mass is 10.0. The Morgan fingerprint density at radius 1 is 0.600 bits per heavy atom. The predicted octanol–water partition coefficient (Wildman–Crippen LogP) is 6.65. The first-order valence-corrected chi connectivity index (χ1v) is 10.8. The molecule has 0 amide bonds. The number of aliphatic carboxylic acids is 1. The average molecular weight is 359 g/mol. The van der Waals surface area contributed by atoms with Crippen LogP contribution >= 0.6 is 0 Å². The summed E-state index contributed by atoms with van der Waals surface area (Å²) in [4.78, 5) is 10.3. The molecular formula is C22H48NO2+. The van der Waals surface area contributed by atoms with E-state index in [4.69, 9.17) is 5.11 Å². The fourth-order valence-corrected chi connectivity index (χ4v) is 2.65. The van der Waals surface area contributed by atoms with Gasteiger partial charge in [-0.25, -0.2) is 0 Å². The van der Waals surface area contributed by atoms with Crippen molar-refractivity contribution >= 4 is 5.97 Å². The zero-order chi connectivity index (χ0) is 19.4. The van der Waals surface area contributed by atoms with Crippen molar-refractivity contribution in [2.24, 2.45) is 0 Å². The van der Waals surface area contributed by atoms with Crippen molar-refractivity contribution in [3.8, 4) is 0 Å². The lowest BCUT2D eigenvalue weighted by Crippen LogP contribution is -2.27. The maximum absolute atomic E-state index is 10.3. The molecule has 0 spiro atoms. The fourth-order valence-electron chi connectivity index (χ4n) is 2.65. The molecule has 0 heterocycles. The lowest BCUT2D eigenvalue weighted by Gasteiger charge is -2.14. The molecule has 0 aromatic heterocycles. The van der Waals surface area contributed by atoms with Gasteiger partial charge >= 0.3 is 5.97 Å². The van der Waals surface area contributed by atoms with E-state index in [2.05, 4.69) is 35.1 Å². The van der Waals surface area contributed by atoms with Crippen molar-refractivity contribution in [2.45, 2.75) is 110 Å². The maximum atomic E-state index is 10.3. The van der Waals surface area contributed by atoms with E-state index >= 15 is 0 Å². The van der Waals surface area contributed by atoms with Crippen LogP contribution < -0.4 is 0 Å². The summed E-state index contributed by atoms with van der Waals surface area (Å²) in [7, 11) is 8.50. The highest BCUT2D eigenvalue weighted by atomic mass is 16.4. The van der Waals surface area contributed by atoms with Crippen molar-refractivity contribution < 1.29 is 14.4 Å². The Balaban J connectivity index is 0. The van der Waals surface area contributed by atoms with Crippen LogP contribution in [0, 0.1) is 0 Å². The minimum Gasteiger partial charge on any atom is -0.481 e. The molecule has 0 aliphatic carbocycles. The number of nitrogens with zero attached hydrogens (tertiary/aromatic N) is 1. The summed E-state index contributed by atoms with van der Waals surface area (Å²) < 4.78 is 1.00.